The van der Waals surface area contributed by atoms with Gasteiger partial charge in [-0.05, 0) is 24.3 Å². The molecule has 3 rings (SSSR count). The monoisotopic (exact) mass is 417 g/mol. The van der Waals surface area contributed by atoms with Crippen LogP contribution in [0.5, 0.6) is 5.75 Å². The summed E-state index contributed by atoms with van der Waals surface area (Å²) < 4.78 is 8.46. The number of pyridine rings is 1. The molecule has 0 aliphatic heterocycles. The minimum absolute atomic E-state index is 0.484. The quantitative estimate of drug-likeness (QED) is 0.433. The average Bonchev–Trinajstić information content (AvgIpc) is 2.87. The largest absolute Gasteiger partial charge is 0.493 e. The Morgan fingerprint density at radius 2 is 2.09 bits per heavy atom. The van der Waals surface area contributed by atoms with E-state index in [0.29, 0.717) is 22.3 Å². The maximum Gasteiger partial charge on any atom is 0.195 e. The number of fused-ring (bicyclic) bond motifs is 1. The lowest BCUT2D eigenvalue weighted by molar-refractivity contribution is 0.343. The molecule has 0 bridgehead atoms. The molecule has 0 saturated carbocycles. The van der Waals surface area contributed by atoms with Gasteiger partial charge in [0.2, 0.25) is 0 Å². The maximum atomic E-state index is 6.09. The van der Waals surface area contributed by atoms with Crippen molar-refractivity contribution in [2.75, 3.05) is 12.4 Å². The Hall–Kier alpha value is -0.950. The second kappa shape index (κ2) is 7.08. The number of nitrogens with zero attached hydrogens (tertiary/aromatic N) is 3. The second-order valence-corrected chi connectivity index (χ2v) is 7.16. The molecule has 4 nitrogen and oxygen atoms in total. The van der Waals surface area contributed by atoms with Crippen molar-refractivity contribution in [3.63, 3.8) is 0 Å². The van der Waals surface area contributed by atoms with Crippen molar-refractivity contribution in [1.82, 2.24) is 14.6 Å². The summed E-state index contributed by atoms with van der Waals surface area (Å²) in [5, 5.41) is 9.95. The summed E-state index contributed by atoms with van der Waals surface area (Å²) in [6.07, 6.45) is 1.75. The number of thioether (sulfide) groups is 1. The molecule has 2 heterocycles. The zero-order valence-electron chi connectivity index (χ0n) is 11.2. The number of rotatable bonds is 5. The van der Waals surface area contributed by atoms with Gasteiger partial charge in [0.25, 0.3) is 0 Å². The number of aromatic nitrogens is 3. The number of benzene rings is 1. The molecule has 0 N–H and O–H groups in total. The van der Waals surface area contributed by atoms with Crippen LogP contribution in [0.1, 0.15) is 0 Å². The van der Waals surface area contributed by atoms with E-state index in [9.17, 15) is 0 Å². The molecule has 1 aromatic carbocycles. The molecule has 3 aromatic rings. The minimum atomic E-state index is 0.484. The van der Waals surface area contributed by atoms with Crippen molar-refractivity contribution in [3.05, 3.63) is 51.0 Å². The highest BCUT2D eigenvalue weighted by Gasteiger charge is 2.10. The van der Waals surface area contributed by atoms with Crippen LogP contribution in [0.25, 0.3) is 5.65 Å². The first-order valence-electron chi connectivity index (χ1n) is 6.34. The van der Waals surface area contributed by atoms with Crippen molar-refractivity contribution in [3.8, 4) is 5.75 Å². The highest BCUT2D eigenvalue weighted by molar-refractivity contribution is 9.10. The van der Waals surface area contributed by atoms with E-state index in [0.717, 1.165) is 21.1 Å². The van der Waals surface area contributed by atoms with Gasteiger partial charge in [0.15, 0.2) is 10.8 Å². The molecule has 0 aliphatic carbocycles. The van der Waals surface area contributed by atoms with E-state index >= 15 is 0 Å². The smallest absolute Gasteiger partial charge is 0.195 e. The Bertz CT molecular complexity index is 812. The zero-order chi connectivity index (χ0) is 15.5. The van der Waals surface area contributed by atoms with E-state index in [2.05, 4.69) is 26.1 Å². The molecule has 0 amide bonds. The van der Waals surface area contributed by atoms with E-state index in [4.69, 9.17) is 27.9 Å². The molecule has 8 heteroatoms. The first-order chi connectivity index (χ1) is 10.6. The highest BCUT2D eigenvalue weighted by Crippen LogP contribution is 2.25. The second-order valence-electron chi connectivity index (χ2n) is 4.34. The summed E-state index contributed by atoms with van der Waals surface area (Å²) in [6.45, 7) is 0.560. The van der Waals surface area contributed by atoms with Gasteiger partial charge in [-0.25, -0.2) is 0 Å². The molecule has 114 valence electrons. The average molecular weight is 419 g/mol. The highest BCUT2D eigenvalue weighted by atomic mass is 79.9. The van der Waals surface area contributed by atoms with Crippen molar-refractivity contribution in [2.45, 2.75) is 5.16 Å². The first-order valence-corrected chi connectivity index (χ1v) is 8.88. The molecule has 0 fully saturated rings. The molecule has 0 saturated heterocycles. The Labute approximate surface area is 149 Å². The van der Waals surface area contributed by atoms with Crippen LogP contribution in [0, 0.1) is 0 Å². The van der Waals surface area contributed by atoms with E-state index in [1.54, 1.807) is 16.7 Å². The first kappa shape index (κ1) is 15.9. The topological polar surface area (TPSA) is 39.4 Å². The van der Waals surface area contributed by atoms with Gasteiger partial charge in [-0.1, -0.05) is 57.0 Å². The van der Waals surface area contributed by atoms with E-state index in [-0.39, 0.29) is 0 Å². The van der Waals surface area contributed by atoms with Crippen LogP contribution in [0.2, 0.25) is 10.0 Å². The van der Waals surface area contributed by atoms with Crippen molar-refractivity contribution < 1.29 is 4.74 Å². The summed E-state index contributed by atoms with van der Waals surface area (Å²) in [4.78, 5) is 0. The van der Waals surface area contributed by atoms with Gasteiger partial charge in [-0.15, -0.1) is 10.2 Å². The van der Waals surface area contributed by atoms with Gasteiger partial charge in [0.05, 0.1) is 16.7 Å². The lowest BCUT2D eigenvalue weighted by Crippen LogP contribution is -2.01. The Balaban J connectivity index is 1.62. The number of hydrogen-bond acceptors (Lipinski definition) is 4. The summed E-state index contributed by atoms with van der Waals surface area (Å²) >= 11 is 17.0. The van der Waals surface area contributed by atoms with Crippen LogP contribution in [0.15, 0.2) is 46.2 Å². The Kier molecular flexibility index (Phi) is 5.13. The van der Waals surface area contributed by atoms with Crippen LogP contribution >= 0.6 is 50.9 Å². The fourth-order valence-electron chi connectivity index (χ4n) is 1.85. The van der Waals surface area contributed by atoms with Gasteiger partial charge in [0, 0.05) is 16.4 Å². The van der Waals surface area contributed by atoms with Crippen molar-refractivity contribution >= 4 is 56.5 Å². The molecule has 0 aliphatic rings. The number of halogens is 3. The van der Waals surface area contributed by atoms with Crippen molar-refractivity contribution in [1.29, 1.82) is 0 Å². The van der Waals surface area contributed by atoms with Crippen LogP contribution in [0.3, 0.4) is 0 Å². The van der Waals surface area contributed by atoms with Gasteiger partial charge < -0.3 is 4.74 Å². The molecule has 22 heavy (non-hydrogen) atoms. The van der Waals surface area contributed by atoms with Gasteiger partial charge >= 0.3 is 0 Å². The molecule has 2 aromatic heterocycles. The normalized spacial score (nSPS) is 11.0. The molecular weight excluding hydrogens is 409 g/mol. The molecular formula is C14H10BrCl2N3OS. The van der Waals surface area contributed by atoms with Crippen LogP contribution in [-0.2, 0) is 0 Å². The third-order valence-electron chi connectivity index (χ3n) is 2.77. The summed E-state index contributed by atoms with van der Waals surface area (Å²) in [7, 11) is 0. The van der Waals surface area contributed by atoms with Crippen LogP contribution in [0.4, 0.5) is 0 Å². The predicted molar refractivity (Wildman–Crippen MR) is 93.4 cm³/mol. The lowest BCUT2D eigenvalue weighted by atomic mass is 10.3. The minimum Gasteiger partial charge on any atom is -0.493 e. The standard InChI is InChI=1S/C14H10BrCl2N3OS/c15-9-2-1-3-11(6-9)21-4-5-22-14-19-18-13-12(17)7-10(16)8-20(13)14/h1-3,6-8H,4-5H2. The van der Waals surface area contributed by atoms with Gasteiger partial charge in [0.1, 0.15) is 5.75 Å². The maximum absolute atomic E-state index is 6.09. The fourth-order valence-corrected chi connectivity index (χ4v) is 3.46. The zero-order valence-corrected chi connectivity index (χ0v) is 15.1. The number of hydrogen-bond donors (Lipinski definition) is 0. The third-order valence-corrected chi connectivity index (χ3v) is 4.66. The summed E-state index contributed by atoms with van der Waals surface area (Å²) in [6, 6.07) is 9.39. The van der Waals surface area contributed by atoms with Gasteiger partial charge in [-0.3, -0.25) is 4.40 Å². The summed E-state index contributed by atoms with van der Waals surface area (Å²) in [5.74, 6) is 1.56. The van der Waals surface area contributed by atoms with E-state index in [1.165, 1.54) is 11.8 Å². The summed E-state index contributed by atoms with van der Waals surface area (Å²) in [5.41, 5.74) is 0.599. The van der Waals surface area contributed by atoms with Crippen LogP contribution in [-0.4, -0.2) is 27.0 Å². The third kappa shape index (κ3) is 3.68. The van der Waals surface area contributed by atoms with Crippen LogP contribution < -0.4 is 4.74 Å². The lowest BCUT2D eigenvalue weighted by Gasteiger charge is -2.06. The fraction of sp³-hybridized carbons (Fsp3) is 0.143. The molecule has 0 radical (unpaired) electrons. The Morgan fingerprint density at radius 3 is 2.91 bits per heavy atom. The number of ether oxygens (including phenoxy) is 1. The Morgan fingerprint density at radius 1 is 1.23 bits per heavy atom. The van der Waals surface area contributed by atoms with Crippen molar-refractivity contribution in [2.24, 2.45) is 0 Å². The van der Waals surface area contributed by atoms with E-state index in [1.807, 2.05) is 24.3 Å². The van der Waals surface area contributed by atoms with Gasteiger partial charge in [-0.2, -0.15) is 0 Å². The molecule has 0 spiro atoms. The van der Waals surface area contributed by atoms with E-state index < -0.39 is 0 Å². The molecule has 0 atom stereocenters. The molecule has 0 unspecified atom stereocenters. The predicted octanol–water partition coefficient (Wildman–Crippen LogP) is 4.97. The SMILES string of the molecule is Clc1cc(Cl)c2nnc(SCCOc3cccc(Br)c3)n2c1.